The van der Waals surface area contributed by atoms with Crippen LogP contribution in [-0.2, 0) is 4.79 Å². The van der Waals surface area contributed by atoms with Crippen molar-refractivity contribution in [2.75, 3.05) is 19.5 Å². The van der Waals surface area contributed by atoms with E-state index < -0.39 is 0 Å². The molecular weight excluding hydrogens is 344 g/mol. The van der Waals surface area contributed by atoms with Gasteiger partial charge in [0.15, 0.2) is 5.78 Å². The van der Waals surface area contributed by atoms with Gasteiger partial charge in [-0.15, -0.1) is 0 Å². The second-order valence-electron chi connectivity index (χ2n) is 8.01. The van der Waals surface area contributed by atoms with Crippen LogP contribution in [0, 0.1) is 12.3 Å². The van der Waals surface area contributed by atoms with E-state index in [0.717, 1.165) is 34.5 Å². The van der Waals surface area contributed by atoms with Crippen molar-refractivity contribution in [1.82, 2.24) is 5.16 Å². The van der Waals surface area contributed by atoms with Crippen molar-refractivity contribution in [3.63, 3.8) is 0 Å². The van der Waals surface area contributed by atoms with E-state index in [1.54, 1.807) is 14.2 Å². The number of Topliss-reactive ketones (excluding diaryl/α,β-unsaturated/α-hetero) is 1. The third-order valence-electron chi connectivity index (χ3n) is 5.42. The monoisotopic (exact) mass is 368 g/mol. The standard InChI is InChI=1S/C21H24N2O4/c1-11-17-18(13-8-12(25-4)6-7-16(13)26-5)19-14(22-20(17)27-23-11)9-21(2,3)10-15(19)24/h6-8,18,22H,9-10H2,1-5H3/t18-/m0/s1. The Morgan fingerprint density at radius 1 is 1.22 bits per heavy atom. The number of rotatable bonds is 3. The first-order valence-electron chi connectivity index (χ1n) is 9.06. The van der Waals surface area contributed by atoms with Gasteiger partial charge in [0.25, 0.3) is 0 Å². The van der Waals surface area contributed by atoms with Crippen LogP contribution in [0.1, 0.15) is 49.4 Å². The second-order valence-corrected chi connectivity index (χ2v) is 8.01. The minimum absolute atomic E-state index is 0.0987. The fourth-order valence-electron chi connectivity index (χ4n) is 4.25. The van der Waals surface area contributed by atoms with E-state index in [0.29, 0.717) is 23.8 Å². The molecule has 27 heavy (non-hydrogen) atoms. The highest BCUT2D eigenvalue weighted by Gasteiger charge is 2.43. The molecule has 2 heterocycles. The zero-order valence-electron chi connectivity index (χ0n) is 16.3. The number of anilines is 1. The first-order valence-corrected chi connectivity index (χ1v) is 9.06. The van der Waals surface area contributed by atoms with Crippen LogP contribution in [0.25, 0.3) is 0 Å². The molecule has 1 atom stereocenters. The molecule has 1 aromatic heterocycles. The number of nitrogens with zero attached hydrogens (tertiary/aromatic N) is 1. The van der Waals surface area contributed by atoms with Crippen LogP contribution in [0.5, 0.6) is 11.5 Å². The number of ether oxygens (including phenoxy) is 2. The minimum atomic E-state index is -0.295. The smallest absolute Gasteiger partial charge is 0.233 e. The molecule has 1 aromatic carbocycles. The SMILES string of the molecule is COc1ccc(OC)c([C@@H]2C3=C(CC(C)(C)CC3=O)Nc3onc(C)c32)c1. The molecule has 0 saturated carbocycles. The molecule has 0 amide bonds. The lowest BCUT2D eigenvalue weighted by molar-refractivity contribution is -0.118. The Morgan fingerprint density at radius 3 is 2.70 bits per heavy atom. The van der Waals surface area contributed by atoms with Crippen LogP contribution >= 0.6 is 0 Å². The fourth-order valence-corrected chi connectivity index (χ4v) is 4.25. The fraction of sp³-hybridized carbons (Fsp3) is 0.429. The van der Waals surface area contributed by atoms with Crippen LogP contribution in [0.3, 0.4) is 0 Å². The van der Waals surface area contributed by atoms with Crippen molar-refractivity contribution >= 4 is 11.7 Å². The largest absolute Gasteiger partial charge is 0.497 e. The highest BCUT2D eigenvalue weighted by Crippen LogP contribution is 2.51. The first-order chi connectivity index (χ1) is 12.8. The van der Waals surface area contributed by atoms with Gasteiger partial charge in [-0.3, -0.25) is 4.79 Å². The van der Waals surface area contributed by atoms with Crippen molar-refractivity contribution < 1.29 is 18.8 Å². The Morgan fingerprint density at radius 2 is 2.00 bits per heavy atom. The third-order valence-corrected chi connectivity index (χ3v) is 5.42. The summed E-state index contributed by atoms with van der Waals surface area (Å²) in [5.74, 6) is 1.88. The number of aryl methyl sites for hydroxylation is 1. The maximum atomic E-state index is 13.2. The second kappa shape index (κ2) is 6.15. The molecule has 0 radical (unpaired) electrons. The van der Waals surface area contributed by atoms with Gasteiger partial charge in [-0.25, -0.2) is 0 Å². The Balaban J connectivity index is 1.98. The molecule has 4 rings (SSSR count). The predicted molar refractivity (Wildman–Crippen MR) is 101 cm³/mol. The van der Waals surface area contributed by atoms with Gasteiger partial charge in [-0.1, -0.05) is 19.0 Å². The van der Waals surface area contributed by atoms with Crippen molar-refractivity contribution in [1.29, 1.82) is 0 Å². The number of benzene rings is 1. The maximum absolute atomic E-state index is 13.2. The number of nitrogens with one attached hydrogen (secondary N) is 1. The summed E-state index contributed by atoms with van der Waals surface area (Å²) in [4.78, 5) is 13.2. The van der Waals surface area contributed by atoms with Crippen LogP contribution in [0.2, 0.25) is 0 Å². The first kappa shape index (κ1) is 17.6. The molecule has 0 unspecified atom stereocenters. The molecule has 1 aliphatic carbocycles. The van der Waals surface area contributed by atoms with Gasteiger partial charge >= 0.3 is 0 Å². The number of hydrogen-bond donors (Lipinski definition) is 1. The predicted octanol–water partition coefficient (Wildman–Crippen LogP) is 4.20. The summed E-state index contributed by atoms with van der Waals surface area (Å²) in [6.45, 7) is 6.11. The summed E-state index contributed by atoms with van der Waals surface area (Å²) in [6.07, 6.45) is 1.28. The van der Waals surface area contributed by atoms with Gasteiger partial charge in [0, 0.05) is 23.3 Å². The van der Waals surface area contributed by atoms with Gasteiger partial charge < -0.3 is 19.3 Å². The van der Waals surface area contributed by atoms with E-state index in [-0.39, 0.29) is 17.1 Å². The zero-order chi connectivity index (χ0) is 19.3. The number of methoxy groups -OCH3 is 2. The van der Waals surface area contributed by atoms with E-state index in [1.165, 1.54) is 0 Å². The topological polar surface area (TPSA) is 73.6 Å². The van der Waals surface area contributed by atoms with Crippen LogP contribution < -0.4 is 14.8 Å². The molecular formula is C21H24N2O4. The zero-order valence-corrected chi connectivity index (χ0v) is 16.3. The molecule has 6 nitrogen and oxygen atoms in total. The van der Waals surface area contributed by atoms with Gasteiger partial charge in [0.2, 0.25) is 5.88 Å². The van der Waals surface area contributed by atoms with Crippen LogP contribution in [0.4, 0.5) is 5.88 Å². The van der Waals surface area contributed by atoms with E-state index in [2.05, 4.69) is 24.3 Å². The summed E-state index contributed by atoms with van der Waals surface area (Å²) in [7, 11) is 3.26. The van der Waals surface area contributed by atoms with Crippen molar-refractivity contribution in [3.05, 3.63) is 46.3 Å². The maximum Gasteiger partial charge on any atom is 0.233 e. The van der Waals surface area contributed by atoms with Gasteiger partial charge in [0.1, 0.15) is 11.5 Å². The Bertz CT molecular complexity index is 955. The van der Waals surface area contributed by atoms with Crippen molar-refractivity contribution in [3.8, 4) is 11.5 Å². The Hall–Kier alpha value is -2.76. The van der Waals surface area contributed by atoms with Gasteiger partial charge in [-0.2, -0.15) is 0 Å². The Kier molecular flexibility index (Phi) is 4.02. The van der Waals surface area contributed by atoms with Gasteiger partial charge in [0.05, 0.1) is 31.4 Å². The third kappa shape index (κ3) is 2.80. The lowest BCUT2D eigenvalue weighted by atomic mass is 9.69. The number of carbonyl (C=O) groups is 1. The van der Waals surface area contributed by atoms with Crippen LogP contribution in [0.15, 0.2) is 34.0 Å². The number of allylic oxidation sites excluding steroid dienone is 2. The molecule has 0 spiro atoms. The Labute approximate surface area is 158 Å². The van der Waals surface area contributed by atoms with Crippen molar-refractivity contribution in [2.24, 2.45) is 5.41 Å². The van der Waals surface area contributed by atoms with E-state index in [9.17, 15) is 4.79 Å². The minimum Gasteiger partial charge on any atom is -0.497 e. The molecule has 0 bridgehead atoms. The average Bonchev–Trinajstić information content (AvgIpc) is 2.99. The van der Waals surface area contributed by atoms with E-state index in [1.807, 2.05) is 25.1 Å². The molecule has 0 saturated heterocycles. The number of carbonyl (C=O) groups excluding carboxylic acids is 1. The average molecular weight is 368 g/mol. The normalized spacial score (nSPS) is 20.6. The lowest BCUT2D eigenvalue weighted by Crippen LogP contribution is -2.33. The molecule has 2 aliphatic rings. The number of fused-ring (bicyclic) bond motifs is 1. The molecule has 142 valence electrons. The molecule has 6 heteroatoms. The molecule has 1 aliphatic heterocycles. The van der Waals surface area contributed by atoms with E-state index >= 15 is 0 Å². The summed E-state index contributed by atoms with van der Waals surface area (Å²) >= 11 is 0. The van der Waals surface area contributed by atoms with E-state index in [4.69, 9.17) is 14.0 Å². The van der Waals surface area contributed by atoms with Crippen LogP contribution in [-0.4, -0.2) is 25.2 Å². The number of hydrogen-bond acceptors (Lipinski definition) is 6. The summed E-state index contributed by atoms with van der Waals surface area (Å²) in [6, 6.07) is 5.66. The summed E-state index contributed by atoms with van der Waals surface area (Å²) in [5.41, 5.74) is 4.12. The van der Waals surface area contributed by atoms with Gasteiger partial charge in [-0.05, 0) is 37.0 Å². The summed E-state index contributed by atoms with van der Waals surface area (Å²) in [5, 5.41) is 7.47. The molecule has 0 fully saturated rings. The summed E-state index contributed by atoms with van der Waals surface area (Å²) < 4.78 is 16.6. The highest BCUT2D eigenvalue weighted by atomic mass is 16.5. The van der Waals surface area contributed by atoms with Crippen molar-refractivity contribution in [2.45, 2.75) is 39.5 Å². The highest BCUT2D eigenvalue weighted by molar-refractivity contribution is 6.01. The number of aromatic nitrogens is 1. The lowest BCUT2D eigenvalue weighted by Gasteiger charge is -2.38. The molecule has 2 aromatic rings. The molecule has 1 N–H and O–H groups in total. The number of ketones is 1. The quantitative estimate of drug-likeness (QED) is 0.875.